The lowest BCUT2D eigenvalue weighted by atomic mass is 9.89. The number of carbonyl (C=O) groups is 1. The first-order valence-electron chi connectivity index (χ1n) is 40.9. The first-order chi connectivity index (χ1) is 57.7. The van der Waals surface area contributed by atoms with E-state index in [0.717, 1.165) is 123 Å². The molecule has 9 aromatic heterocycles. The Labute approximate surface area is 725 Å². The Morgan fingerprint density at radius 1 is 0.598 bits per heavy atom. The van der Waals surface area contributed by atoms with Crippen molar-refractivity contribution in [3.8, 4) is 39.4 Å². The van der Waals surface area contributed by atoms with Gasteiger partial charge in [0.15, 0.2) is 17.9 Å². The SMILES string of the molecule is CCCCS(=O)(=O)Cl.CCCCS(=O)(=O)N1CC(CC#N)(n2cc(-c3ccnc4[nH]ccc34)cn2)C1.C[Si](C)(C)CCOCn1ccc2c(-c3cn[nH]c3)ccnc21.[C-]#[N+]C=C1CN(C(=O)OC(C)(C)C)C1.[C-]#[N+]C=C1CN(S(=O)(=O)CCCC)C1.[C-]#[N+]CC1(n2cc(-c3ccnc4c3ccn4COCC[Si](C)(C)C)cn2)CN(S(=O)(=O)CCCC)C1. The van der Waals surface area contributed by atoms with Gasteiger partial charge in [-0.05, 0) is 123 Å². The monoisotopic (exact) mass is 1800 g/mol. The molecule has 2 N–H and O–H groups in total. The maximum absolute atomic E-state index is 12.6. The van der Waals surface area contributed by atoms with Gasteiger partial charge in [0.2, 0.25) is 45.7 Å². The van der Waals surface area contributed by atoms with Gasteiger partial charge in [0.25, 0.3) is 0 Å². The Bertz CT molecular complexity index is 5670. The van der Waals surface area contributed by atoms with Crippen molar-refractivity contribution in [1.82, 2.24) is 76.6 Å². The summed E-state index contributed by atoms with van der Waals surface area (Å²) in [5.74, 6) is 0.634. The molecule has 1 amide bonds. The predicted octanol–water partition coefficient (Wildman–Crippen LogP) is 15.1. The number of nitrogens with one attached hydrogen (secondary N) is 2. The van der Waals surface area contributed by atoms with E-state index in [9.17, 15) is 43.7 Å². The van der Waals surface area contributed by atoms with E-state index >= 15 is 0 Å². The lowest BCUT2D eigenvalue weighted by Gasteiger charge is -2.47. The van der Waals surface area contributed by atoms with Crippen molar-refractivity contribution < 1.29 is 52.7 Å². The molecule has 660 valence electrons. The van der Waals surface area contributed by atoms with Crippen molar-refractivity contribution in [2.75, 3.05) is 95.1 Å². The lowest BCUT2D eigenvalue weighted by Crippen LogP contribution is -2.66. The van der Waals surface area contributed by atoms with Crippen LogP contribution in [0.25, 0.3) is 81.0 Å². The third-order valence-corrected chi connectivity index (χ3v) is 30.5. The van der Waals surface area contributed by atoms with E-state index < -0.39 is 71.9 Å². The van der Waals surface area contributed by atoms with E-state index in [1.54, 1.807) is 39.1 Å². The van der Waals surface area contributed by atoms with Gasteiger partial charge in [0.05, 0.1) is 67.2 Å². The zero-order valence-corrected chi connectivity index (χ0v) is 78.3. The molecule has 4 aliphatic heterocycles. The Morgan fingerprint density at radius 2 is 1.04 bits per heavy atom. The number of sulfonamides is 3. The molecule has 13 heterocycles. The van der Waals surface area contributed by atoms with Crippen LogP contribution >= 0.6 is 10.7 Å². The summed E-state index contributed by atoms with van der Waals surface area (Å²) < 4.78 is 122. The zero-order chi connectivity index (χ0) is 89.3. The molecule has 4 aliphatic rings. The average Bonchev–Trinajstić information content (AvgIpc) is 1.43. The predicted molar refractivity (Wildman–Crippen MR) is 484 cm³/mol. The molecule has 0 atom stereocenters. The van der Waals surface area contributed by atoms with Crippen molar-refractivity contribution in [2.24, 2.45) is 0 Å². The Morgan fingerprint density at radius 3 is 1.47 bits per heavy atom. The van der Waals surface area contributed by atoms with E-state index in [4.69, 9.17) is 44.6 Å². The zero-order valence-electron chi connectivity index (χ0n) is 72.3. The number of aromatic amines is 2. The number of halogens is 1. The van der Waals surface area contributed by atoms with Gasteiger partial charge in [-0.25, -0.2) is 69.7 Å². The second kappa shape index (κ2) is 43.9. The number of hydrogen-bond acceptors (Lipinski definition) is 19. The Balaban J connectivity index is 0.000000193. The van der Waals surface area contributed by atoms with Gasteiger partial charge < -0.3 is 38.1 Å². The third-order valence-electron chi connectivity index (χ3n) is 20.4. The largest absolute Gasteiger partial charge is 0.444 e. The Hall–Kier alpha value is -9.27. The fourth-order valence-corrected chi connectivity index (χ4v) is 20.8. The van der Waals surface area contributed by atoms with Crippen LogP contribution in [-0.2, 0) is 77.9 Å². The number of H-pyrrole nitrogens is 2. The highest BCUT2D eigenvalue weighted by Gasteiger charge is 2.53. The number of fused-ring (bicyclic) bond motifs is 3. The number of pyridine rings is 3. The molecule has 39 heteroatoms. The number of hydrogen-bond donors (Lipinski definition) is 2. The van der Waals surface area contributed by atoms with Crippen LogP contribution in [0.15, 0.2) is 134 Å². The summed E-state index contributed by atoms with van der Waals surface area (Å²) in [6, 6.07) is 16.5. The van der Waals surface area contributed by atoms with E-state index in [1.807, 2.05) is 133 Å². The smallest absolute Gasteiger partial charge is 0.410 e. The molecular weight excluding hydrogens is 1690 g/mol. The van der Waals surface area contributed by atoms with Gasteiger partial charge in [0, 0.05) is 181 Å². The van der Waals surface area contributed by atoms with Gasteiger partial charge in [0.1, 0.15) is 41.5 Å². The van der Waals surface area contributed by atoms with Gasteiger partial charge in [-0.3, -0.25) is 14.5 Å². The van der Waals surface area contributed by atoms with E-state index in [1.165, 1.54) is 31.4 Å². The van der Waals surface area contributed by atoms with Crippen LogP contribution in [0.3, 0.4) is 0 Å². The minimum Gasteiger partial charge on any atom is -0.444 e. The molecule has 0 unspecified atom stereocenters. The minimum atomic E-state index is -3.30. The van der Waals surface area contributed by atoms with Crippen molar-refractivity contribution in [1.29, 1.82) is 5.26 Å². The second-order valence-corrected chi connectivity index (χ2v) is 54.5. The molecule has 13 rings (SSSR count). The van der Waals surface area contributed by atoms with Crippen molar-refractivity contribution in [3.63, 3.8) is 0 Å². The molecule has 32 nitrogen and oxygen atoms in total. The molecular formula is C83H117ClN20O12S4Si2. The second-order valence-electron chi connectivity index (χ2n) is 34.1. The number of unbranched alkanes of at least 4 members (excludes halogenated alkanes) is 4. The number of rotatable bonds is 32. The number of likely N-dealkylation sites (tertiary alicyclic amines) is 1. The summed E-state index contributed by atoms with van der Waals surface area (Å²) in [5, 5.41) is 28.4. The molecule has 0 aromatic carbocycles. The number of nitriles is 1. The van der Waals surface area contributed by atoms with Crippen LogP contribution < -0.4 is 0 Å². The van der Waals surface area contributed by atoms with Crippen LogP contribution in [-0.4, -0.2) is 233 Å². The topological polar surface area (TPSA) is 360 Å². The standard InChI is InChI=1S/C25H36N6O3SSi.C19H22N6O2S.C16H22N4OSi.C10H14N2O2.C9H14N2O2S.C4H9ClO2S/c1-6-7-13-35(32,33)30-18-25(19-30,17-26-2)31-16-21(15-28-31)22-8-10-27-24-23(22)9-11-29(24)20-34-12-14-36(3,4)5;1-2-3-10-28(26,27)24-13-19(14-24,6-7-20)25-12-15(11-23-25)16-4-8-21-18-17(16)5-9-22-18;1-22(2,3)9-8-21-12-20-7-5-15-14(4-6-17-16(15)20)13-10-18-19-11-13;1-10(2,3)14-9(13)12-6-8(7-12)5-11-4;1-3-4-5-14(12,13)11-7-9(8-11)6-10-2;1-2-3-4-8(5,6)7/h8-11,15-16H,6-7,12-14,17-20H2,1,3-5H3;4-5,8-9,11-12H,2-3,6,10,13-14H2,1H3,(H,21,22);4-7,10-11H,8-9,12H2,1-3H3,(H,18,19);5H,6-7H2,1-3H3;6H,3-5,7-8H2,1H3;2-4H2,1H3. The number of aromatic nitrogens is 12. The third kappa shape index (κ3) is 27.9. The summed E-state index contributed by atoms with van der Waals surface area (Å²) in [6.45, 7) is 53.8. The fourth-order valence-electron chi connectivity index (χ4n) is 13.1. The molecule has 0 bridgehead atoms. The number of carbonyl (C=O) groups excluding carboxylic acids is 1. The number of nitrogens with zero attached hydrogens (tertiary/aromatic N) is 18. The van der Waals surface area contributed by atoms with Crippen LogP contribution in [0.5, 0.6) is 0 Å². The van der Waals surface area contributed by atoms with Crippen molar-refractivity contribution in [3.05, 3.63) is 169 Å². The first-order valence-corrected chi connectivity index (χ1v) is 55.6. The number of amides is 1. The summed E-state index contributed by atoms with van der Waals surface area (Å²) in [5.41, 5.74) is 8.81. The lowest BCUT2D eigenvalue weighted by molar-refractivity contribution is 0.0214. The van der Waals surface area contributed by atoms with E-state index in [-0.39, 0.29) is 68.2 Å². The number of ether oxygens (including phenoxy) is 3. The minimum absolute atomic E-state index is 0.102. The van der Waals surface area contributed by atoms with Crippen molar-refractivity contribution >= 4 is 105 Å². The quantitative estimate of drug-likeness (QED) is 0.0171. The van der Waals surface area contributed by atoms with Gasteiger partial charge in [-0.15, -0.1) is 0 Å². The maximum atomic E-state index is 12.6. The highest BCUT2D eigenvalue weighted by Crippen LogP contribution is 2.39. The maximum Gasteiger partial charge on any atom is 0.410 e. The average molecular weight is 1810 g/mol. The molecule has 4 saturated heterocycles. The van der Waals surface area contributed by atoms with E-state index in [0.29, 0.717) is 65.3 Å². The normalized spacial score (nSPS) is 15.3. The van der Waals surface area contributed by atoms with Crippen LogP contribution in [0.2, 0.25) is 51.4 Å². The highest BCUT2D eigenvalue weighted by molar-refractivity contribution is 8.13. The molecule has 9 aromatic rings. The molecule has 4 fully saturated rings. The molecule has 0 saturated carbocycles. The van der Waals surface area contributed by atoms with Gasteiger partial charge in [-0.1, -0.05) is 92.7 Å². The summed E-state index contributed by atoms with van der Waals surface area (Å²) in [7, 11) is -10.1. The molecule has 0 spiro atoms. The van der Waals surface area contributed by atoms with E-state index in [2.05, 4.69) is 111 Å². The highest BCUT2D eigenvalue weighted by atomic mass is 35.7. The fraction of sp³-hybridized carbons (Fsp3) is 0.530. The van der Waals surface area contributed by atoms with Gasteiger partial charge >= 0.3 is 6.09 Å². The molecule has 122 heavy (non-hydrogen) atoms. The molecule has 0 aliphatic carbocycles. The van der Waals surface area contributed by atoms with Crippen LogP contribution in [0.1, 0.15) is 106 Å². The molecule has 0 radical (unpaired) electrons. The van der Waals surface area contributed by atoms with Gasteiger partial charge in [-0.2, -0.15) is 33.5 Å². The first kappa shape index (κ1) is 98.2. The van der Waals surface area contributed by atoms with Crippen LogP contribution in [0, 0.1) is 31.0 Å². The summed E-state index contributed by atoms with van der Waals surface area (Å²) >= 11 is 0. The Kier molecular flexibility index (Phi) is 35.3. The van der Waals surface area contributed by atoms with Crippen molar-refractivity contribution in [2.45, 2.75) is 188 Å². The van der Waals surface area contributed by atoms with Crippen LogP contribution in [0.4, 0.5) is 4.79 Å². The summed E-state index contributed by atoms with van der Waals surface area (Å²) in [4.78, 5) is 39.3. The summed E-state index contributed by atoms with van der Waals surface area (Å²) in [6.07, 6.45) is 31.2.